The molecule has 0 fully saturated rings. The molecule has 2 N–H and O–H groups in total. The first-order valence-electron chi connectivity index (χ1n) is 7.01. The van der Waals surface area contributed by atoms with Crippen molar-refractivity contribution in [3.8, 4) is 0 Å². The van der Waals surface area contributed by atoms with Gasteiger partial charge >= 0.3 is 0 Å². The van der Waals surface area contributed by atoms with Crippen LogP contribution in [-0.4, -0.2) is 11.8 Å². The number of anilines is 2. The quantitative estimate of drug-likeness (QED) is 0.739. The molecule has 0 aromatic heterocycles. The molecule has 24 heavy (non-hydrogen) atoms. The molecule has 2 aromatic carbocycles. The summed E-state index contributed by atoms with van der Waals surface area (Å²) in [5.74, 6) is -0.939. The zero-order valence-electron chi connectivity index (χ0n) is 12.5. The molecule has 122 valence electrons. The number of halogens is 2. The van der Waals surface area contributed by atoms with Crippen molar-refractivity contribution in [2.24, 2.45) is 0 Å². The minimum absolute atomic E-state index is 0.152. The van der Waals surface area contributed by atoms with E-state index in [1.165, 1.54) is 11.8 Å². The minimum atomic E-state index is -0.542. The Morgan fingerprint density at radius 3 is 2.71 bits per heavy atom. The largest absolute Gasteiger partial charge is 0.321 e. The van der Waals surface area contributed by atoms with Crippen LogP contribution in [0.2, 0.25) is 5.02 Å². The van der Waals surface area contributed by atoms with E-state index in [1.807, 2.05) is 25.1 Å². The lowest BCUT2D eigenvalue weighted by molar-refractivity contribution is -0.114. The van der Waals surface area contributed by atoms with Gasteiger partial charge in [0.2, 0.25) is 0 Å². The number of para-hydroxylation sites is 1. The Morgan fingerprint density at radius 1 is 1.21 bits per heavy atom. The van der Waals surface area contributed by atoms with Crippen molar-refractivity contribution < 1.29 is 9.59 Å². The average Bonchev–Trinajstić information content (AvgIpc) is 2.56. The second-order valence-corrected chi connectivity index (χ2v) is 6.98. The first kappa shape index (κ1) is 16.9. The van der Waals surface area contributed by atoms with Gasteiger partial charge in [0.15, 0.2) is 0 Å². The Hall–Kier alpha value is -1.95. The molecule has 0 atom stereocenters. The number of fused-ring (bicyclic) bond motifs is 1. The number of carbonyl (C=O) groups is 2. The predicted octanol–water partition coefficient (Wildman–Crippen LogP) is 4.78. The molecule has 3 rings (SSSR count). The number of nitrogens with one attached hydrogen (secondary N) is 2. The molecule has 1 aliphatic rings. The van der Waals surface area contributed by atoms with Crippen LogP contribution in [-0.2, 0) is 9.59 Å². The number of aryl methyl sites for hydroxylation is 1. The van der Waals surface area contributed by atoms with E-state index in [0.717, 1.165) is 10.5 Å². The summed E-state index contributed by atoms with van der Waals surface area (Å²) in [6.45, 7) is 1.82. The van der Waals surface area contributed by atoms with Crippen molar-refractivity contribution in [3.05, 3.63) is 63.0 Å². The molecule has 2 amide bonds. The van der Waals surface area contributed by atoms with E-state index in [9.17, 15) is 9.59 Å². The van der Waals surface area contributed by atoms with E-state index in [2.05, 4.69) is 10.6 Å². The summed E-state index contributed by atoms with van der Waals surface area (Å²) >= 11 is 13.2. The highest BCUT2D eigenvalue weighted by Crippen LogP contribution is 2.40. The van der Waals surface area contributed by atoms with Crippen LogP contribution < -0.4 is 10.6 Å². The molecule has 1 aliphatic heterocycles. The Morgan fingerprint density at radius 2 is 1.96 bits per heavy atom. The molecule has 0 aliphatic carbocycles. The zero-order chi connectivity index (χ0) is 17.3. The topological polar surface area (TPSA) is 58.2 Å². The van der Waals surface area contributed by atoms with Crippen LogP contribution in [0.15, 0.2) is 57.3 Å². The number of thioether (sulfide) groups is 1. The number of hydrogen-bond donors (Lipinski definition) is 2. The van der Waals surface area contributed by atoms with Crippen LogP contribution in [0, 0.1) is 6.92 Å². The van der Waals surface area contributed by atoms with E-state index < -0.39 is 11.8 Å². The SMILES string of the molecule is Cc1cc(Cl)ccc1NC(=O)/C(Cl)=C1/Sc2ccccc2NC1=O. The first-order chi connectivity index (χ1) is 11.5. The fraction of sp³-hybridized carbons (Fsp3) is 0.0588. The van der Waals surface area contributed by atoms with Crippen LogP contribution >= 0.6 is 35.0 Å². The van der Waals surface area contributed by atoms with Gasteiger partial charge in [-0.3, -0.25) is 9.59 Å². The summed E-state index contributed by atoms with van der Waals surface area (Å²) < 4.78 is 0. The van der Waals surface area contributed by atoms with Gasteiger partial charge in [0.05, 0.1) is 5.69 Å². The van der Waals surface area contributed by atoms with E-state index in [0.29, 0.717) is 16.4 Å². The zero-order valence-corrected chi connectivity index (χ0v) is 14.9. The van der Waals surface area contributed by atoms with Crippen LogP contribution in [0.3, 0.4) is 0 Å². The van der Waals surface area contributed by atoms with Crippen molar-refractivity contribution in [2.75, 3.05) is 10.6 Å². The molecular weight excluding hydrogens is 367 g/mol. The van der Waals surface area contributed by atoms with Gasteiger partial charge in [0.25, 0.3) is 11.8 Å². The van der Waals surface area contributed by atoms with Crippen molar-refractivity contribution in [1.82, 2.24) is 0 Å². The highest BCUT2D eigenvalue weighted by molar-refractivity contribution is 8.04. The Labute approximate surface area is 153 Å². The van der Waals surface area contributed by atoms with E-state index >= 15 is 0 Å². The lowest BCUT2D eigenvalue weighted by Crippen LogP contribution is -2.22. The molecule has 0 saturated carbocycles. The molecule has 0 radical (unpaired) electrons. The van der Waals surface area contributed by atoms with Crippen LogP contribution in [0.5, 0.6) is 0 Å². The van der Waals surface area contributed by atoms with Gasteiger partial charge in [0.1, 0.15) is 9.94 Å². The molecule has 0 saturated heterocycles. The summed E-state index contributed by atoms with van der Waals surface area (Å²) in [5.41, 5.74) is 2.09. The minimum Gasteiger partial charge on any atom is -0.321 e. The molecule has 7 heteroatoms. The summed E-state index contributed by atoms with van der Waals surface area (Å²) in [6, 6.07) is 12.4. The fourth-order valence-corrected chi connectivity index (χ4v) is 3.58. The Kier molecular flexibility index (Phi) is 4.85. The normalized spacial score (nSPS) is 15.4. The summed E-state index contributed by atoms with van der Waals surface area (Å²) in [7, 11) is 0. The van der Waals surface area contributed by atoms with Crippen LogP contribution in [0.1, 0.15) is 5.56 Å². The van der Waals surface area contributed by atoms with E-state index in [1.54, 1.807) is 24.3 Å². The molecule has 0 unspecified atom stereocenters. The standard InChI is InChI=1S/C17H12Cl2N2O2S/c1-9-8-10(18)6-7-11(9)20-16(22)14(19)15-17(23)21-12-4-2-3-5-13(12)24-15/h2-8H,1H3,(H,20,22)(H,21,23)/b15-14-. The summed E-state index contributed by atoms with van der Waals surface area (Å²) in [5, 5.41) is 5.85. The van der Waals surface area contributed by atoms with Crippen LogP contribution in [0.25, 0.3) is 0 Å². The molecular formula is C17H12Cl2N2O2S. The Balaban J connectivity index is 1.87. The highest BCUT2D eigenvalue weighted by Gasteiger charge is 2.26. The molecule has 0 bridgehead atoms. The monoisotopic (exact) mass is 378 g/mol. The summed E-state index contributed by atoms with van der Waals surface area (Å²) in [4.78, 5) is 25.6. The van der Waals surface area contributed by atoms with Crippen molar-refractivity contribution >= 4 is 58.2 Å². The number of rotatable bonds is 2. The third-order valence-corrected chi connectivity index (χ3v) is 5.27. The lowest BCUT2D eigenvalue weighted by atomic mass is 10.2. The number of hydrogen-bond acceptors (Lipinski definition) is 3. The van der Waals surface area contributed by atoms with Crippen molar-refractivity contribution in [3.63, 3.8) is 0 Å². The van der Waals surface area contributed by atoms with Gasteiger partial charge in [-0.15, -0.1) is 0 Å². The van der Waals surface area contributed by atoms with Crippen molar-refractivity contribution in [2.45, 2.75) is 11.8 Å². The van der Waals surface area contributed by atoms with Gasteiger partial charge in [-0.2, -0.15) is 0 Å². The second-order valence-electron chi connectivity index (χ2n) is 5.11. The summed E-state index contributed by atoms with van der Waals surface area (Å²) in [6.07, 6.45) is 0. The lowest BCUT2D eigenvalue weighted by Gasteiger charge is -2.19. The maximum atomic E-state index is 12.4. The Bertz CT molecular complexity index is 881. The van der Waals surface area contributed by atoms with E-state index in [4.69, 9.17) is 23.2 Å². The molecule has 0 spiro atoms. The smallest absolute Gasteiger partial charge is 0.268 e. The van der Waals surface area contributed by atoms with Gasteiger partial charge < -0.3 is 10.6 Å². The molecule has 4 nitrogen and oxygen atoms in total. The molecule has 2 aromatic rings. The van der Waals surface area contributed by atoms with E-state index in [-0.39, 0.29) is 9.94 Å². The fourth-order valence-electron chi connectivity index (χ4n) is 2.19. The number of carbonyl (C=O) groups excluding carboxylic acids is 2. The second kappa shape index (κ2) is 6.89. The highest BCUT2D eigenvalue weighted by atomic mass is 35.5. The van der Waals surface area contributed by atoms with Gasteiger partial charge in [-0.1, -0.05) is 47.1 Å². The average molecular weight is 379 g/mol. The van der Waals surface area contributed by atoms with Crippen molar-refractivity contribution in [1.29, 1.82) is 0 Å². The number of benzene rings is 2. The third kappa shape index (κ3) is 3.43. The number of amides is 2. The first-order valence-corrected chi connectivity index (χ1v) is 8.58. The maximum absolute atomic E-state index is 12.4. The van der Waals surface area contributed by atoms with Gasteiger partial charge in [0, 0.05) is 15.6 Å². The molecule has 1 heterocycles. The van der Waals surface area contributed by atoms with Crippen LogP contribution in [0.4, 0.5) is 11.4 Å². The third-order valence-electron chi connectivity index (χ3n) is 3.39. The van der Waals surface area contributed by atoms with Gasteiger partial charge in [-0.25, -0.2) is 0 Å². The maximum Gasteiger partial charge on any atom is 0.268 e. The van der Waals surface area contributed by atoms with Gasteiger partial charge in [-0.05, 0) is 42.8 Å². The predicted molar refractivity (Wildman–Crippen MR) is 98.6 cm³/mol.